The Balaban J connectivity index is 0.00000169. The highest BCUT2D eigenvalue weighted by Gasteiger charge is 2.32. The maximum atomic E-state index is 14.3. The number of rotatable bonds is 4. The predicted octanol–water partition coefficient (Wildman–Crippen LogP) is 2.43. The summed E-state index contributed by atoms with van der Waals surface area (Å²) in [4.78, 5) is 15.0. The summed E-state index contributed by atoms with van der Waals surface area (Å²) in [6.45, 7) is 2.39. The molecule has 148 valence electrons. The third kappa shape index (κ3) is 5.79. The molecule has 5 nitrogen and oxygen atoms in total. The molecule has 0 radical (unpaired) electrons. The number of nitrogens with zero attached hydrogens (tertiary/aromatic N) is 1. The Hall–Kier alpha value is -0.920. The van der Waals surface area contributed by atoms with Crippen LogP contribution < -0.4 is 11.1 Å². The second-order valence-corrected chi connectivity index (χ2v) is 6.69. The smallest absolute Gasteiger partial charge is 0.242 e. The van der Waals surface area contributed by atoms with Crippen LogP contribution in [0.4, 0.5) is 4.39 Å². The number of morpholine rings is 1. The van der Waals surface area contributed by atoms with Crippen molar-refractivity contribution in [2.45, 2.75) is 43.8 Å². The quantitative estimate of drug-likeness (QED) is 0.803. The van der Waals surface area contributed by atoms with Crippen molar-refractivity contribution < 1.29 is 13.9 Å². The van der Waals surface area contributed by atoms with E-state index in [0.717, 1.165) is 25.7 Å². The fourth-order valence-corrected chi connectivity index (χ4v) is 3.58. The second kappa shape index (κ2) is 11.0. The number of amides is 1. The Morgan fingerprint density at radius 2 is 1.77 bits per heavy atom. The van der Waals surface area contributed by atoms with Crippen molar-refractivity contribution in [3.05, 3.63) is 35.6 Å². The molecule has 1 heterocycles. The van der Waals surface area contributed by atoms with E-state index in [1.54, 1.807) is 18.2 Å². The lowest BCUT2D eigenvalue weighted by molar-refractivity contribution is -0.129. The topological polar surface area (TPSA) is 67.6 Å². The number of carbonyl (C=O) groups is 1. The maximum absolute atomic E-state index is 14.3. The van der Waals surface area contributed by atoms with E-state index in [2.05, 4.69) is 5.32 Å². The minimum atomic E-state index is -0.606. The van der Waals surface area contributed by atoms with Crippen LogP contribution in [0, 0.1) is 5.82 Å². The van der Waals surface area contributed by atoms with Gasteiger partial charge in [0.25, 0.3) is 0 Å². The first-order valence-electron chi connectivity index (χ1n) is 8.77. The SMILES string of the molecule is Cl.Cl.NC1CCC(NC(=O)C(c2ccccc2F)N2CCOCC2)CC1. The van der Waals surface area contributed by atoms with Crippen molar-refractivity contribution in [2.24, 2.45) is 5.73 Å². The number of hydrogen-bond donors (Lipinski definition) is 2. The Morgan fingerprint density at radius 1 is 1.15 bits per heavy atom. The summed E-state index contributed by atoms with van der Waals surface area (Å²) in [6, 6.07) is 6.30. The van der Waals surface area contributed by atoms with Crippen LogP contribution in [0.3, 0.4) is 0 Å². The molecular weight excluding hydrogens is 380 g/mol. The Labute approximate surface area is 166 Å². The lowest BCUT2D eigenvalue weighted by Gasteiger charge is -2.35. The molecule has 0 bridgehead atoms. The Bertz CT molecular complexity index is 565. The van der Waals surface area contributed by atoms with Crippen molar-refractivity contribution in [2.75, 3.05) is 26.3 Å². The molecule has 1 aliphatic heterocycles. The van der Waals surface area contributed by atoms with Gasteiger partial charge in [-0.3, -0.25) is 9.69 Å². The highest BCUT2D eigenvalue weighted by Crippen LogP contribution is 2.26. The summed E-state index contributed by atoms with van der Waals surface area (Å²) in [5, 5.41) is 3.12. The highest BCUT2D eigenvalue weighted by molar-refractivity contribution is 5.85. The average molecular weight is 408 g/mol. The van der Waals surface area contributed by atoms with Gasteiger partial charge >= 0.3 is 0 Å². The Kier molecular flexibility index (Phi) is 9.82. The normalized spacial score (nSPS) is 24.7. The molecular formula is C18H28Cl2FN3O2. The van der Waals surface area contributed by atoms with Crippen LogP contribution in [-0.2, 0) is 9.53 Å². The molecule has 1 aromatic rings. The number of hydrogen-bond acceptors (Lipinski definition) is 4. The van der Waals surface area contributed by atoms with Crippen LogP contribution in [0.15, 0.2) is 24.3 Å². The predicted molar refractivity (Wildman–Crippen MR) is 104 cm³/mol. The van der Waals surface area contributed by atoms with Crippen LogP contribution in [0.2, 0.25) is 0 Å². The first kappa shape index (κ1) is 23.1. The minimum absolute atomic E-state index is 0. The van der Waals surface area contributed by atoms with E-state index in [4.69, 9.17) is 10.5 Å². The van der Waals surface area contributed by atoms with E-state index in [1.165, 1.54) is 6.07 Å². The number of ether oxygens (including phenoxy) is 1. The number of carbonyl (C=O) groups excluding carboxylic acids is 1. The third-order valence-electron chi connectivity index (χ3n) is 4.98. The van der Waals surface area contributed by atoms with Gasteiger partial charge in [-0.1, -0.05) is 18.2 Å². The number of benzene rings is 1. The van der Waals surface area contributed by atoms with Gasteiger partial charge in [-0.05, 0) is 31.7 Å². The first-order chi connectivity index (χ1) is 11.6. The van der Waals surface area contributed by atoms with Gasteiger partial charge in [0.15, 0.2) is 0 Å². The second-order valence-electron chi connectivity index (χ2n) is 6.69. The molecule has 1 aliphatic carbocycles. The molecule has 1 amide bonds. The van der Waals surface area contributed by atoms with E-state index >= 15 is 0 Å². The van der Waals surface area contributed by atoms with Crippen LogP contribution in [0.5, 0.6) is 0 Å². The van der Waals surface area contributed by atoms with Gasteiger partial charge in [-0.25, -0.2) is 4.39 Å². The molecule has 1 aromatic carbocycles. The van der Waals surface area contributed by atoms with Crippen LogP contribution in [-0.4, -0.2) is 49.2 Å². The monoisotopic (exact) mass is 407 g/mol. The molecule has 0 aromatic heterocycles. The third-order valence-corrected chi connectivity index (χ3v) is 4.98. The molecule has 1 saturated heterocycles. The molecule has 3 N–H and O–H groups in total. The van der Waals surface area contributed by atoms with Crippen molar-refractivity contribution in [3.8, 4) is 0 Å². The Morgan fingerprint density at radius 3 is 2.38 bits per heavy atom. The summed E-state index contributed by atoms with van der Waals surface area (Å²) < 4.78 is 19.7. The largest absolute Gasteiger partial charge is 0.379 e. The van der Waals surface area contributed by atoms with Gasteiger partial charge in [-0.2, -0.15) is 0 Å². The van der Waals surface area contributed by atoms with E-state index in [1.807, 2.05) is 4.90 Å². The van der Waals surface area contributed by atoms with Crippen LogP contribution in [0.25, 0.3) is 0 Å². The molecule has 8 heteroatoms. The van der Waals surface area contributed by atoms with Gasteiger partial charge in [-0.15, -0.1) is 24.8 Å². The number of halogens is 3. The molecule has 1 unspecified atom stereocenters. The van der Waals surface area contributed by atoms with Gasteiger partial charge in [0.05, 0.1) is 13.2 Å². The van der Waals surface area contributed by atoms with Gasteiger partial charge < -0.3 is 15.8 Å². The zero-order chi connectivity index (χ0) is 16.9. The number of nitrogens with two attached hydrogens (primary N) is 1. The fourth-order valence-electron chi connectivity index (χ4n) is 3.58. The van der Waals surface area contributed by atoms with E-state index in [9.17, 15) is 9.18 Å². The van der Waals surface area contributed by atoms with Gasteiger partial charge in [0.1, 0.15) is 11.9 Å². The van der Waals surface area contributed by atoms with Crippen molar-refractivity contribution in [3.63, 3.8) is 0 Å². The standard InChI is InChI=1S/C18H26FN3O2.2ClH/c19-16-4-2-1-3-15(16)17(22-9-11-24-12-10-22)18(23)21-14-7-5-13(20)6-8-14;;/h1-4,13-14,17H,5-12,20H2,(H,21,23);2*1H. The van der Waals surface area contributed by atoms with Gasteiger partial charge in [0, 0.05) is 30.7 Å². The summed E-state index contributed by atoms with van der Waals surface area (Å²) in [7, 11) is 0. The molecule has 3 rings (SSSR count). The molecule has 1 atom stereocenters. The minimum Gasteiger partial charge on any atom is -0.379 e. The van der Waals surface area contributed by atoms with E-state index in [0.29, 0.717) is 31.9 Å². The van der Waals surface area contributed by atoms with E-state index in [-0.39, 0.29) is 48.6 Å². The van der Waals surface area contributed by atoms with Gasteiger partial charge in [0.2, 0.25) is 5.91 Å². The molecule has 2 fully saturated rings. The van der Waals surface area contributed by atoms with Crippen molar-refractivity contribution in [1.82, 2.24) is 10.2 Å². The van der Waals surface area contributed by atoms with Crippen LogP contribution in [0.1, 0.15) is 37.3 Å². The van der Waals surface area contributed by atoms with Crippen molar-refractivity contribution in [1.29, 1.82) is 0 Å². The van der Waals surface area contributed by atoms with Crippen molar-refractivity contribution >= 4 is 30.7 Å². The first-order valence-corrected chi connectivity index (χ1v) is 8.77. The fraction of sp³-hybridized carbons (Fsp3) is 0.611. The molecule has 1 saturated carbocycles. The summed E-state index contributed by atoms with van der Waals surface area (Å²) in [6.07, 6.45) is 3.62. The zero-order valence-electron chi connectivity index (χ0n) is 14.7. The lowest BCUT2D eigenvalue weighted by Crippen LogP contribution is -2.49. The molecule has 0 spiro atoms. The zero-order valence-corrected chi connectivity index (χ0v) is 16.4. The molecule has 2 aliphatic rings. The summed E-state index contributed by atoms with van der Waals surface area (Å²) in [5.74, 6) is -0.461. The number of nitrogens with one attached hydrogen (secondary N) is 1. The summed E-state index contributed by atoms with van der Waals surface area (Å²) >= 11 is 0. The average Bonchev–Trinajstić information content (AvgIpc) is 2.60. The molecule has 26 heavy (non-hydrogen) atoms. The maximum Gasteiger partial charge on any atom is 0.242 e. The summed E-state index contributed by atoms with van der Waals surface area (Å²) in [5.41, 5.74) is 6.37. The van der Waals surface area contributed by atoms with E-state index < -0.39 is 6.04 Å². The van der Waals surface area contributed by atoms with Crippen LogP contribution >= 0.6 is 24.8 Å². The lowest BCUT2D eigenvalue weighted by atomic mass is 9.91. The highest BCUT2D eigenvalue weighted by atomic mass is 35.5.